The number of ether oxygens (including phenoxy) is 2. The lowest BCUT2D eigenvalue weighted by molar-refractivity contribution is 0.0935. The number of anilines is 1. The van der Waals surface area contributed by atoms with Gasteiger partial charge in [-0.25, -0.2) is 0 Å². The third-order valence-corrected chi connectivity index (χ3v) is 4.41. The van der Waals surface area contributed by atoms with Crippen molar-refractivity contribution in [2.45, 2.75) is 18.9 Å². The second kappa shape index (κ2) is 6.74. The summed E-state index contributed by atoms with van der Waals surface area (Å²) in [6, 6.07) is 3.47. The summed E-state index contributed by atoms with van der Waals surface area (Å²) in [7, 11) is 3.07. The van der Waals surface area contributed by atoms with Gasteiger partial charge < -0.3 is 20.5 Å². The minimum atomic E-state index is -0.152. The molecule has 0 radical (unpaired) electrons. The van der Waals surface area contributed by atoms with Crippen molar-refractivity contribution >= 4 is 23.4 Å². The number of methoxy groups -OCH3 is 2. The lowest BCUT2D eigenvalue weighted by Gasteiger charge is -2.23. The molecule has 0 spiro atoms. The van der Waals surface area contributed by atoms with E-state index in [2.05, 4.69) is 5.32 Å². The van der Waals surface area contributed by atoms with Crippen molar-refractivity contribution in [3.8, 4) is 11.5 Å². The molecule has 0 aromatic heterocycles. The minimum Gasteiger partial charge on any atom is -0.493 e. The first-order valence-corrected chi connectivity index (χ1v) is 7.71. The Labute approximate surface area is 123 Å². The molecule has 0 unspecified atom stereocenters. The highest BCUT2D eigenvalue weighted by atomic mass is 32.2. The van der Waals surface area contributed by atoms with Crippen molar-refractivity contribution < 1.29 is 14.3 Å². The molecule has 3 N–H and O–H groups in total. The molecule has 0 atom stereocenters. The summed E-state index contributed by atoms with van der Waals surface area (Å²) in [6.45, 7) is 0. The number of amides is 1. The molecule has 1 amide bonds. The van der Waals surface area contributed by atoms with Crippen LogP contribution in [0.25, 0.3) is 0 Å². The van der Waals surface area contributed by atoms with Crippen LogP contribution in [0.15, 0.2) is 12.1 Å². The molecule has 0 saturated carbocycles. The van der Waals surface area contributed by atoms with Crippen molar-refractivity contribution in [2.24, 2.45) is 0 Å². The van der Waals surface area contributed by atoms with Gasteiger partial charge in [0.1, 0.15) is 0 Å². The SMILES string of the molecule is COc1cc(N)c(C(=O)NC2CCSCC2)cc1OC. The largest absolute Gasteiger partial charge is 0.493 e. The van der Waals surface area contributed by atoms with E-state index in [0.29, 0.717) is 22.7 Å². The van der Waals surface area contributed by atoms with Crippen molar-refractivity contribution in [1.29, 1.82) is 0 Å². The topological polar surface area (TPSA) is 73.6 Å². The molecule has 110 valence electrons. The van der Waals surface area contributed by atoms with Gasteiger partial charge >= 0.3 is 0 Å². The number of thioether (sulfide) groups is 1. The van der Waals surface area contributed by atoms with Gasteiger partial charge in [-0.15, -0.1) is 0 Å². The van der Waals surface area contributed by atoms with Crippen molar-refractivity contribution in [3.63, 3.8) is 0 Å². The van der Waals surface area contributed by atoms with Crippen LogP contribution >= 0.6 is 11.8 Å². The number of nitrogens with two attached hydrogens (primary N) is 1. The van der Waals surface area contributed by atoms with Gasteiger partial charge in [0.2, 0.25) is 0 Å². The van der Waals surface area contributed by atoms with Crippen LogP contribution < -0.4 is 20.5 Å². The van der Waals surface area contributed by atoms with E-state index in [-0.39, 0.29) is 11.9 Å². The maximum Gasteiger partial charge on any atom is 0.253 e. The average molecular weight is 296 g/mol. The minimum absolute atomic E-state index is 0.152. The highest BCUT2D eigenvalue weighted by Gasteiger charge is 2.20. The predicted octanol–water partition coefficient (Wildman–Crippen LogP) is 1.91. The molecule has 6 heteroatoms. The van der Waals surface area contributed by atoms with Gasteiger partial charge in [0.05, 0.1) is 19.8 Å². The molecule has 1 saturated heterocycles. The quantitative estimate of drug-likeness (QED) is 0.830. The second-order valence-corrected chi connectivity index (χ2v) is 5.88. The van der Waals surface area contributed by atoms with Crippen LogP contribution in [0.3, 0.4) is 0 Å². The van der Waals surface area contributed by atoms with Crippen molar-refractivity contribution in [3.05, 3.63) is 17.7 Å². The van der Waals surface area contributed by atoms with Gasteiger partial charge in [0.25, 0.3) is 5.91 Å². The number of hydrogen-bond donors (Lipinski definition) is 2. The van der Waals surface area contributed by atoms with Gasteiger partial charge in [0.15, 0.2) is 11.5 Å². The predicted molar refractivity (Wildman–Crippen MR) is 81.8 cm³/mol. The van der Waals surface area contributed by atoms with E-state index in [0.717, 1.165) is 24.3 Å². The fourth-order valence-electron chi connectivity index (χ4n) is 2.20. The van der Waals surface area contributed by atoms with Gasteiger partial charge in [-0.3, -0.25) is 4.79 Å². The maximum atomic E-state index is 12.3. The molecular formula is C14H20N2O3S. The van der Waals surface area contributed by atoms with E-state index >= 15 is 0 Å². The number of nitrogen functional groups attached to an aromatic ring is 1. The monoisotopic (exact) mass is 296 g/mol. The zero-order chi connectivity index (χ0) is 14.5. The zero-order valence-corrected chi connectivity index (χ0v) is 12.6. The summed E-state index contributed by atoms with van der Waals surface area (Å²) in [6.07, 6.45) is 2.01. The third-order valence-electron chi connectivity index (χ3n) is 3.36. The van der Waals surface area contributed by atoms with Crippen LogP contribution in [-0.2, 0) is 0 Å². The first-order chi connectivity index (χ1) is 9.65. The average Bonchev–Trinajstić information content (AvgIpc) is 2.47. The fourth-order valence-corrected chi connectivity index (χ4v) is 3.30. The van der Waals surface area contributed by atoms with Crippen LogP contribution in [0.4, 0.5) is 5.69 Å². The Bertz CT molecular complexity index is 488. The van der Waals surface area contributed by atoms with Gasteiger partial charge in [-0.2, -0.15) is 11.8 Å². The van der Waals surface area contributed by atoms with Crippen LogP contribution in [-0.4, -0.2) is 37.7 Å². The molecule has 1 aromatic rings. The highest BCUT2D eigenvalue weighted by molar-refractivity contribution is 7.99. The Morgan fingerprint density at radius 1 is 1.25 bits per heavy atom. The molecule has 1 aliphatic rings. The smallest absolute Gasteiger partial charge is 0.253 e. The van der Waals surface area contributed by atoms with E-state index in [9.17, 15) is 4.79 Å². The molecule has 0 bridgehead atoms. The number of benzene rings is 1. The normalized spacial score (nSPS) is 15.7. The molecule has 1 heterocycles. The van der Waals surface area contributed by atoms with Crippen molar-refractivity contribution in [1.82, 2.24) is 5.32 Å². The molecule has 20 heavy (non-hydrogen) atoms. The molecule has 2 rings (SSSR count). The summed E-state index contributed by atoms with van der Waals surface area (Å²) < 4.78 is 10.4. The lowest BCUT2D eigenvalue weighted by Crippen LogP contribution is -2.37. The van der Waals surface area contributed by atoms with E-state index in [1.54, 1.807) is 12.1 Å². The van der Waals surface area contributed by atoms with Crippen LogP contribution in [0.5, 0.6) is 11.5 Å². The third kappa shape index (κ3) is 3.30. The summed E-state index contributed by atoms with van der Waals surface area (Å²) >= 11 is 1.92. The maximum absolute atomic E-state index is 12.3. The first kappa shape index (κ1) is 14.8. The molecule has 1 aromatic carbocycles. The number of carbonyl (C=O) groups is 1. The summed E-state index contributed by atoms with van der Waals surface area (Å²) in [4.78, 5) is 12.3. The molecule has 5 nitrogen and oxygen atoms in total. The van der Waals surface area contributed by atoms with Crippen LogP contribution in [0, 0.1) is 0 Å². The highest BCUT2D eigenvalue weighted by Crippen LogP contribution is 2.32. The zero-order valence-electron chi connectivity index (χ0n) is 11.8. The summed E-state index contributed by atoms with van der Waals surface area (Å²) in [5.41, 5.74) is 6.75. The van der Waals surface area contributed by atoms with Gasteiger partial charge in [-0.05, 0) is 30.4 Å². The van der Waals surface area contributed by atoms with Gasteiger partial charge in [0, 0.05) is 17.8 Å². The summed E-state index contributed by atoms with van der Waals surface area (Å²) in [5, 5.41) is 3.04. The first-order valence-electron chi connectivity index (χ1n) is 6.55. The van der Waals surface area contributed by atoms with Crippen LogP contribution in [0.1, 0.15) is 23.2 Å². The Morgan fingerprint density at radius 2 is 1.85 bits per heavy atom. The summed E-state index contributed by atoms with van der Waals surface area (Å²) in [5.74, 6) is 3.06. The molecular weight excluding hydrogens is 276 g/mol. The molecule has 1 aliphatic heterocycles. The van der Waals surface area contributed by atoms with E-state index in [4.69, 9.17) is 15.2 Å². The van der Waals surface area contributed by atoms with Crippen molar-refractivity contribution in [2.75, 3.05) is 31.5 Å². The Hall–Kier alpha value is -1.56. The Morgan fingerprint density at radius 3 is 2.45 bits per heavy atom. The Balaban J connectivity index is 2.16. The molecule has 0 aliphatic carbocycles. The Kier molecular flexibility index (Phi) is 5.00. The number of hydrogen-bond acceptors (Lipinski definition) is 5. The van der Waals surface area contributed by atoms with Crippen LogP contribution in [0.2, 0.25) is 0 Å². The lowest BCUT2D eigenvalue weighted by atomic mass is 10.1. The fraction of sp³-hybridized carbons (Fsp3) is 0.500. The number of rotatable bonds is 4. The second-order valence-electron chi connectivity index (χ2n) is 4.65. The molecule has 1 fully saturated rings. The van der Waals surface area contributed by atoms with E-state index in [1.807, 2.05) is 11.8 Å². The van der Waals surface area contributed by atoms with Gasteiger partial charge in [-0.1, -0.05) is 0 Å². The standard InChI is InChI=1S/C14H20N2O3S/c1-18-12-7-10(11(15)8-13(12)19-2)14(17)16-9-3-5-20-6-4-9/h7-9H,3-6,15H2,1-2H3,(H,16,17). The number of nitrogens with one attached hydrogen (secondary N) is 1. The number of carbonyl (C=O) groups excluding carboxylic acids is 1. The van der Waals surface area contributed by atoms with E-state index < -0.39 is 0 Å². The van der Waals surface area contributed by atoms with E-state index in [1.165, 1.54) is 14.2 Å².